The van der Waals surface area contributed by atoms with Crippen LogP contribution in [0.25, 0.3) is 0 Å². The Balaban J connectivity index is 1.70. The molecule has 0 aliphatic carbocycles. The van der Waals surface area contributed by atoms with Gasteiger partial charge in [0.05, 0.1) is 10.7 Å². The third-order valence-electron chi connectivity index (χ3n) is 3.49. The Kier molecular flexibility index (Phi) is 8.09. The first-order chi connectivity index (χ1) is 12.9. The molecule has 0 radical (unpaired) electrons. The van der Waals surface area contributed by atoms with Gasteiger partial charge in [-0.1, -0.05) is 23.2 Å². The van der Waals surface area contributed by atoms with E-state index in [0.717, 1.165) is 0 Å². The summed E-state index contributed by atoms with van der Waals surface area (Å²) in [5.41, 5.74) is 0.931. The van der Waals surface area contributed by atoms with Crippen molar-refractivity contribution in [1.29, 1.82) is 0 Å². The van der Waals surface area contributed by atoms with Crippen molar-refractivity contribution in [3.8, 4) is 0 Å². The molecule has 2 rings (SSSR count). The molecule has 1 aromatic carbocycles. The van der Waals surface area contributed by atoms with E-state index in [1.165, 1.54) is 24.3 Å². The fraction of sp³-hybridized carbons (Fsp3) is 0.278. The summed E-state index contributed by atoms with van der Waals surface area (Å²) >= 11 is 13.3. The van der Waals surface area contributed by atoms with Crippen LogP contribution >= 0.6 is 34.5 Å². The second-order valence-corrected chi connectivity index (χ2v) is 7.24. The van der Waals surface area contributed by atoms with Crippen molar-refractivity contribution >= 4 is 58.0 Å². The van der Waals surface area contributed by atoms with Crippen LogP contribution in [0.5, 0.6) is 0 Å². The smallest absolute Gasteiger partial charge is 0.306 e. The summed E-state index contributed by atoms with van der Waals surface area (Å²) < 4.78 is 5.10. The largest absolute Gasteiger partial charge is 0.453 e. The Hall–Kier alpha value is -2.09. The molecule has 0 aliphatic heterocycles. The van der Waals surface area contributed by atoms with E-state index < -0.39 is 18.0 Å². The van der Waals surface area contributed by atoms with Crippen LogP contribution in [0.3, 0.4) is 0 Å². The minimum atomic E-state index is -0.993. The van der Waals surface area contributed by atoms with E-state index in [0.29, 0.717) is 34.3 Å². The summed E-state index contributed by atoms with van der Waals surface area (Å²) in [5, 5.41) is 9.59. The van der Waals surface area contributed by atoms with E-state index in [1.54, 1.807) is 23.6 Å². The van der Waals surface area contributed by atoms with E-state index in [2.05, 4.69) is 10.6 Å². The van der Waals surface area contributed by atoms with E-state index in [9.17, 15) is 14.4 Å². The molecule has 1 atom stereocenters. The lowest BCUT2D eigenvalue weighted by molar-refractivity contribution is -0.153. The lowest BCUT2D eigenvalue weighted by Gasteiger charge is -2.14. The van der Waals surface area contributed by atoms with Gasteiger partial charge in [0.2, 0.25) is 0 Å². The molecule has 27 heavy (non-hydrogen) atoms. The van der Waals surface area contributed by atoms with Gasteiger partial charge in [-0.3, -0.25) is 14.4 Å². The number of ether oxygens (including phenoxy) is 1. The highest BCUT2D eigenvalue weighted by molar-refractivity contribution is 7.08. The second kappa shape index (κ2) is 10.3. The summed E-state index contributed by atoms with van der Waals surface area (Å²) in [7, 11) is 0. The Labute approximate surface area is 170 Å². The van der Waals surface area contributed by atoms with Crippen molar-refractivity contribution in [3.63, 3.8) is 0 Å². The summed E-state index contributed by atoms with van der Waals surface area (Å²) in [6.07, 6.45) is -0.504. The van der Waals surface area contributed by atoms with Gasteiger partial charge < -0.3 is 15.4 Å². The van der Waals surface area contributed by atoms with Crippen LogP contribution in [0.15, 0.2) is 35.0 Å². The van der Waals surface area contributed by atoms with Gasteiger partial charge in [-0.2, -0.15) is 11.3 Å². The maximum Gasteiger partial charge on any atom is 0.306 e. The van der Waals surface area contributed by atoms with Crippen LogP contribution in [0.4, 0.5) is 5.69 Å². The summed E-state index contributed by atoms with van der Waals surface area (Å²) in [5.74, 6) is -1.23. The van der Waals surface area contributed by atoms with Crippen LogP contribution in [0.1, 0.15) is 30.1 Å². The number of halogens is 2. The number of thiophene rings is 1. The highest BCUT2D eigenvalue weighted by Gasteiger charge is 2.19. The zero-order chi connectivity index (χ0) is 19.8. The fourth-order valence-corrected chi connectivity index (χ4v) is 3.04. The van der Waals surface area contributed by atoms with Crippen molar-refractivity contribution in [2.45, 2.75) is 25.9 Å². The van der Waals surface area contributed by atoms with E-state index >= 15 is 0 Å². The average Bonchev–Trinajstić information content (AvgIpc) is 3.16. The zero-order valence-corrected chi connectivity index (χ0v) is 16.8. The van der Waals surface area contributed by atoms with Crippen molar-refractivity contribution in [2.24, 2.45) is 0 Å². The zero-order valence-electron chi connectivity index (χ0n) is 14.5. The van der Waals surface area contributed by atoms with E-state index in [1.807, 2.05) is 5.38 Å². The van der Waals surface area contributed by atoms with Gasteiger partial charge in [-0.15, -0.1) is 0 Å². The number of rotatable bonds is 8. The van der Waals surface area contributed by atoms with Gasteiger partial charge in [0, 0.05) is 28.9 Å². The van der Waals surface area contributed by atoms with Crippen molar-refractivity contribution in [2.75, 3.05) is 11.9 Å². The third kappa shape index (κ3) is 6.86. The number of hydrogen-bond acceptors (Lipinski definition) is 5. The predicted octanol–water partition coefficient (Wildman–Crippen LogP) is 4.14. The SMILES string of the molecule is CC(OC(=O)CCCNC(=O)c1ccsc1)C(=O)Nc1cc(Cl)ccc1Cl. The van der Waals surface area contributed by atoms with Gasteiger partial charge in [0.25, 0.3) is 11.8 Å². The molecule has 1 aromatic heterocycles. The van der Waals surface area contributed by atoms with Crippen molar-refractivity contribution in [3.05, 3.63) is 50.6 Å². The van der Waals surface area contributed by atoms with Gasteiger partial charge in [0.1, 0.15) is 0 Å². The molecule has 9 heteroatoms. The number of carbonyl (C=O) groups is 3. The number of benzene rings is 1. The van der Waals surface area contributed by atoms with E-state index in [4.69, 9.17) is 27.9 Å². The molecular weight excluding hydrogens is 411 g/mol. The number of esters is 1. The van der Waals surface area contributed by atoms with Crippen LogP contribution < -0.4 is 10.6 Å². The standard InChI is InChI=1S/C18H18Cl2N2O4S/c1-11(17(24)22-15-9-13(19)4-5-14(15)20)26-16(23)3-2-7-21-18(25)12-6-8-27-10-12/h4-6,8-11H,2-3,7H2,1H3,(H,21,25)(H,22,24). The lowest BCUT2D eigenvalue weighted by atomic mass is 10.2. The molecule has 144 valence electrons. The predicted molar refractivity (Wildman–Crippen MR) is 107 cm³/mol. The Morgan fingerprint density at radius 2 is 2.00 bits per heavy atom. The minimum Gasteiger partial charge on any atom is -0.453 e. The van der Waals surface area contributed by atoms with Crippen LogP contribution in [-0.2, 0) is 14.3 Å². The first-order valence-corrected chi connectivity index (χ1v) is 9.82. The van der Waals surface area contributed by atoms with Crippen LogP contribution in [0.2, 0.25) is 10.0 Å². The summed E-state index contributed by atoms with van der Waals surface area (Å²) in [6, 6.07) is 6.38. The quantitative estimate of drug-likeness (QED) is 0.488. The molecule has 0 saturated carbocycles. The third-order valence-corrected chi connectivity index (χ3v) is 4.74. The van der Waals surface area contributed by atoms with E-state index in [-0.39, 0.29) is 12.3 Å². The number of carbonyl (C=O) groups excluding carboxylic acids is 3. The molecule has 1 heterocycles. The van der Waals surface area contributed by atoms with Gasteiger partial charge in [0.15, 0.2) is 6.10 Å². The maximum atomic E-state index is 12.1. The monoisotopic (exact) mass is 428 g/mol. The average molecular weight is 429 g/mol. The first-order valence-electron chi connectivity index (χ1n) is 8.12. The molecular formula is C18H18Cl2N2O4S. The first kappa shape index (κ1) is 21.2. The lowest BCUT2D eigenvalue weighted by Crippen LogP contribution is -2.30. The van der Waals surface area contributed by atoms with Crippen LogP contribution in [-0.4, -0.2) is 30.4 Å². The Morgan fingerprint density at radius 1 is 1.22 bits per heavy atom. The number of anilines is 1. The number of nitrogens with one attached hydrogen (secondary N) is 2. The van der Waals surface area contributed by atoms with Crippen molar-refractivity contribution in [1.82, 2.24) is 5.32 Å². The molecule has 0 bridgehead atoms. The molecule has 2 aromatic rings. The molecule has 0 fully saturated rings. The molecule has 1 unspecified atom stereocenters. The maximum absolute atomic E-state index is 12.1. The minimum absolute atomic E-state index is 0.0828. The fourth-order valence-electron chi connectivity index (χ4n) is 2.07. The Morgan fingerprint density at radius 3 is 2.70 bits per heavy atom. The summed E-state index contributed by atoms with van der Waals surface area (Å²) in [6.45, 7) is 1.80. The molecule has 2 amide bonds. The number of hydrogen-bond donors (Lipinski definition) is 2. The number of amides is 2. The molecule has 0 aliphatic rings. The van der Waals surface area contributed by atoms with Gasteiger partial charge >= 0.3 is 5.97 Å². The second-order valence-electron chi connectivity index (χ2n) is 5.62. The highest BCUT2D eigenvalue weighted by Crippen LogP contribution is 2.25. The molecule has 2 N–H and O–H groups in total. The highest BCUT2D eigenvalue weighted by atomic mass is 35.5. The molecule has 0 spiro atoms. The van der Waals surface area contributed by atoms with Crippen LogP contribution in [0, 0.1) is 0 Å². The van der Waals surface area contributed by atoms with Gasteiger partial charge in [-0.05, 0) is 43.0 Å². The summed E-state index contributed by atoms with van der Waals surface area (Å²) in [4.78, 5) is 35.7. The van der Waals surface area contributed by atoms with Gasteiger partial charge in [-0.25, -0.2) is 0 Å². The topological polar surface area (TPSA) is 84.5 Å². The Bertz CT molecular complexity index is 812. The normalized spacial score (nSPS) is 11.5. The molecule has 0 saturated heterocycles. The van der Waals surface area contributed by atoms with Crippen molar-refractivity contribution < 1.29 is 19.1 Å². The molecule has 6 nitrogen and oxygen atoms in total.